The summed E-state index contributed by atoms with van der Waals surface area (Å²) in [7, 11) is 0. The molecule has 2 nitrogen and oxygen atoms in total. The number of aryl methyl sites for hydroxylation is 1. The molecule has 0 radical (unpaired) electrons. The Morgan fingerprint density at radius 3 is 3.00 bits per heavy atom. The van der Waals surface area contributed by atoms with Crippen LogP contribution in [0.25, 0.3) is 0 Å². The summed E-state index contributed by atoms with van der Waals surface area (Å²) in [4.78, 5) is 3.61. The molecule has 0 aliphatic rings. The summed E-state index contributed by atoms with van der Waals surface area (Å²) in [5, 5.41) is -0.0653. The first-order valence-corrected chi connectivity index (χ1v) is 4.12. The first kappa shape index (κ1) is 9.42. The van der Waals surface area contributed by atoms with E-state index in [-0.39, 0.29) is 5.15 Å². The molecule has 0 saturated carbocycles. The third-order valence-corrected chi connectivity index (χ3v) is 1.84. The van der Waals surface area contributed by atoms with Gasteiger partial charge in [-0.1, -0.05) is 11.6 Å². The quantitative estimate of drug-likeness (QED) is 0.735. The number of nitrogens with two attached hydrogens (primary N) is 1. The van der Waals surface area contributed by atoms with Gasteiger partial charge in [0.1, 0.15) is 0 Å². The minimum atomic E-state index is -0.424. The van der Waals surface area contributed by atoms with Crippen molar-refractivity contribution in [1.29, 1.82) is 0 Å². The summed E-state index contributed by atoms with van der Waals surface area (Å²) >= 11 is 5.48. The molecule has 1 rings (SSSR count). The molecule has 4 heteroatoms. The maximum Gasteiger partial charge on any atom is 0.164 e. The van der Waals surface area contributed by atoms with Gasteiger partial charge in [-0.3, -0.25) is 0 Å². The topological polar surface area (TPSA) is 38.9 Å². The summed E-state index contributed by atoms with van der Waals surface area (Å²) in [6.07, 6.45) is 2.87. The monoisotopic (exact) mass is 188 g/mol. The van der Waals surface area contributed by atoms with Crippen molar-refractivity contribution in [2.75, 3.05) is 6.54 Å². The van der Waals surface area contributed by atoms with Crippen molar-refractivity contribution >= 4 is 11.6 Å². The second-order valence-corrected chi connectivity index (χ2v) is 2.83. The summed E-state index contributed by atoms with van der Waals surface area (Å²) in [6, 6.07) is 1.62. The molecule has 0 amide bonds. The Hall–Kier alpha value is -0.670. The van der Waals surface area contributed by atoms with Crippen molar-refractivity contribution in [2.24, 2.45) is 5.73 Å². The predicted molar refractivity (Wildman–Crippen MR) is 46.6 cm³/mol. The van der Waals surface area contributed by atoms with Crippen molar-refractivity contribution in [3.63, 3.8) is 0 Å². The molecule has 1 heterocycles. The smallest absolute Gasteiger partial charge is 0.164 e. The predicted octanol–water partition coefficient (Wildman–Crippen LogP) is 1.77. The van der Waals surface area contributed by atoms with Crippen LogP contribution < -0.4 is 5.73 Å². The highest BCUT2D eigenvalue weighted by atomic mass is 35.5. The van der Waals surface area contributed by atoms with Gasteiger partial charge < -0.3 is 5.73 Å². The number of rotatable bonds is 3. The van der Waals surface area contributed by atoms with Crippen molar-refractivity contribution in [2.45, 2.75) is 12.8 Å². The maximum atomic E-state index is 13.1. The lowest BCUT2D eigenvalue weighted by molar-refractivity contribution is 0.599. The Labute approximate surface area is 75.6 Å². The molecule has 2 N–H and O–H groups in total. The minimum Gasteiger partial charge on any atom is -0.330 e. The Morgan fingerprint density at radius 2 is 2.33 bits per heavy atom. The van der Waals surface area contributed by atoms with Crippen molar-refractivity contribution in [3.8, 4) is 0 Å². The minimum absolute atomic E-state index is 0.0653. The maximum absolute atomic E-state index is 13.1. The fraction of sp³-hybridized carbons (Fsp3) is 0.375. The molecule has 0 aromatic carbocycles. The number of hydrogen-bond donors (Lipinski definition) is 1. The van der Waals surface area contributed by atoms with E-state index in [4.69, 9.17) is 17.3 Å². The van der Waals surface area contributed by atoms with E-state index in [1.54, 1.807) is 6.07 Å². The Bertz CT molecular complexity index is 265. The van der Waals surface area contributed by atoms with Crippen LogP contribution in [0.4, 0.5) is 4.39 Å². The van der Waals surface area contributed by atoms with Gasteiger partial charge >= 0.3 is 0 Å². The molecular weight excluding hydrogens is 179 g/mol. The molecule has 0 atom stereocenters. The Kier molecular flexibility index (Phi) is 3.44. The zero-order valence-electron chi connectivity index (χ0n) is 6.56. The Morgan fingerprint density at radius 1 is 1.58 bits per heavy atom. The van der Waals surface area contributed by atoms with Crippen LogP contribution in [0.3, 0.4) is 0 Å². The molecule has 0 fully saturated rings. The normalized spacial score (nSPS) is 10.2. The van der Waals surface area contributed by atoms with Gasteiger partial charge in [-0.15, -0.1) is 0 Å². The van der Waals surface area contributed by atoms with E-state index in [0.29, 0.717) is 18.5 Å². The van der Waals surface area contributed by atoms with Crippen molar-refractivity contribution in [1.82, 2.24) is 4.98 Å². The van der Waals surface area contributed by atoms with E-state index in [0.717, 1.165) is 6.42 Å². The van der Waals surface area contributed by atoms with E-state index < -0.39 is 5.82 Å². The second-order valence-electron chi connectivity index (χ2n) is 2.47. The third-order valence-electron chi connectivity index (χ3n) is 1.58. The molecule has 12 heavy (non-hydrogen) atoms. The van der Waals surface area contributed by atoms with Crippen LogP contribution in [0.2, 0.25) is 5.15 Å². The summed E-state index contributed by atoms with van der Waals surface area (Å²) in [6.45, 7) is 0.555. The average molecular weight is 189 g/mol. The fourth-order valence-corrected chi connectivity index (χ4v) is 1.12. The highest BCUT2D eigenvalue weighted by Crippen LogP contribution is 2.15. The van der Waals surface area contributed by atoms with Crippen LogP contribution in [0, 0.1) is 5.82 Å². The third kappa shape index (κ3) is 2.16. The average Bonchev–Trinajstić information content (AvgIpc) is 2.08. The van der Waals surface area contributed by atoms with Crippen LogP contribution in [0.1, 0.15) is 12.0 Å². The lowest BCUT2D eigenvalue weighted by atomic mass is 10.1. The Balaban J connectivity index is 2.78. The number of hydrogen-bond acceptors (Lipinski definition) is 2. The molecular formula is C8H10ClFN2. The second kappa shape index (κ2) is 4.38. The summed E-state index contributed by atoms with van der Waals surface area (Å²) < 4.78 is 13.1. The van der Waals surface area contributed by atoms with Crippen LogP contribution in [-0.2, 0) is 6.42 Å². The van der Waals surface area contributed by atoms with Crippen LogP contribution in [-0.4, -0.2) is 11.5 Å². The lowest BCUT2D eigenvalue weighted by Gasteiger charge is -2.01. The van der Waals surface area contributed by atoms with Gasteiger partial charge in [-0.05, 0) is 31.0 Å². The highest BCUT2D eigenvalue weighted by molar-refractivity contribution is 6.29. The van der Waals surface area contributed by atoms with Crippen LogP contribution in [0.15, 0.2) is 12.3 Å². The molecule has 66 valence electrons. The molecule has 1 aromatic heterocycles. The SMILES string of the molecule is NCCCc1ccnc(Cl)c1F. The van der Waals surface area contributed by atoms with E-state index in [1.165, 1.54) is 6.20 Å². The van der Waals surface area contributed by atoms with Gasteiger partial charge in [0.05, 0.1) is 0 Å². The number of pyridine rings is 1. The van der Waals surface area contributed by atoms with Gasteiger partial charge in [0.25, 0.3) is 0 Å². The molecule has 0 spiro atoms. The van der Waals surface area contributed by atoms with E-state index in [1.807, 2.05) is 0 Å². The molecule has 0 saturated heterocycles. The summed E-state index contributed by atoms with van der Waals surface area (Å²) in [5.74, 6) is -0.424. The number of nitrogens with zero attached hydrogens (tertiary/aromatic N) is 1. The lowest BCUT2D eigenvalue weighted by Crippen LogP contribution is -2.02. The first-order chi connectivity index (χ1) is 5.75. The number of halogens is 2. The molecule has 1 aromatic rings. The fourth-order valence-electron chi connectivity index (χ4n) is 0.941. The van der Waals surface area contributed by atoms with Gasteiger partial charge in [0.15, 0.2) is 11.0 Å². The van der Waals surface area contributed by atoms with Gasteiger partial charge in [-0.25, -0.2) is 9.37 Å². The van der Waals surface area contributed by atoms with Crippen LogP contribution in [0.5, 0.6) is 0 Å². The first-order valence-electron chi connectivity index (χ1n) is 3.74. The zero-order valence-corrected chi connectivity index (χ0v) is 7.31. The van der Waals surface area contributed by atoms with E-state index in [9.17, 15) is 4.39 Å². The van der Waals surface area contributed by atoms with Crippen molar-refractivity contribution in [3.05, 3.63) is 28.8 Å². The molecule has 0 unspecified atom stereocenters. The molecule has 0 bridgehead atoms. The number of aromatic nitrogens is 1. The van der Waals surface area contributed by atoms with Gasteiger partial charge in [0, 0.05) is 6.20 Å². The molecule has 0 aliphatic carbocycles. The van der Waals surface area contributed by atoms with Crippen LogP contribution >= 0.6 is 11.6 Å². The van der Waals surface area contributed by atoms with Crippen molar-refractivity contribution < 1.29 is 4.39 Å². The molecule has 0 aliphatic heterocycles. The zero-order chi connectivity index (χ0) is 8.97. The highest BCUT2D eigenvalue weighted by Gasteiger charge is 2.05. The largest absolute Gasteiger partial charge is 0.330 e. The van der Waals surface area contributed by atoms with Gasteiger partial charge in [0.2, 0.25) is 0 Å². The van der Waals surface area contributed by atoms with Gasteiger partial charge in [-0.2, -0.15) is 0 Å². The van der Waals surface area contributed by atoms with E-state index >= 15 is 0 Å². The summed E-state index contributed by atoms with van der Waals surface area (Å²) in [5.41, 5.74) is 5.88. The van der Waals surface area contributed by atoms with E-state index in [2.05, 4.69) is 4.98 Å². The standard InChI is InChI=1S/C8H10ClFN2/c9-8-7(10)6(2-1-4-11)3-5-12-8/h3,5H,1-2,4,11H2.